The summed E-state index contributed by atoms with van der Waals surface area (Å²) in [6.07, 6.45) is 2.19. The Morgan fingerprint density at radius 1 is 1.67 bits per heavy atom. The topological polar surface area (TPSA) is 61.4 Å². The minimum atomic E-state index is -0.399. The van der Waals surface area contributed by atoms with Crippen LogP contribution in [0.1, 0.15) is 33.1 Å². The van der Waals surface area contributed by atoms with E-state index in [0.717, 1.165) is 25.8 Å². The van der Waals surface area contributed by atoms with Crippen molar-refractivity contribution in [2.24, 2.45) is 5.92 Å². The second kappa shape index (κ2) is 6.08. The number of rotatable bonds is 5. The van der Waals surface area contributed by atoms with E-state index in [4.69, 9.17) is 0 Å². The van der Waals surface area contributed by atoms with E-state index in [1.54, 1.807) is 0 Å². The summed E-state index contributed by atoms with van der Waals surface area (Å²) in [6, 6.07) is 0.258. The normalized spacial score (nSPS) is 27.7. The van der Waals surface area contributed by atoms with E-state index < -0.39 is 6.10 Å². The molecule has 15 heavy (non-hydrogen) atoms. The van der Waals surface area contributed by atoms with Gasteiger partial charge in [0.1, 0.15) is 0 Å². The lowest BCUT2D eigenvalue weighted by Crippen LogP contribution is -2.40. The lowest BCUT2D eigenvalue weighted by atomic mass is 10.0. The maximum absolute atomic E-state index is 11.7. The van der Waals surface area contributed by atoms with Crippen LogP contribution in [0, 0.1) is 5.92 Å². The third-order valence-corrected chi connectivity index (χ3v) is 3.00. The number of aliphatic hydroxyl groups excluding tert-OH is 1. The minimum absolute atomic E-state index is 0.0684. The van der Waals surface area contributed by atoms with E-state index in [9.17, 15) is 9.90 Å². The summed E-state index contributed by atoms with van der Waals surface area (Å²) in [7, 11) is 0. The Morgan fingerprint density at radius 3 is 2.93 bits per heavy atom. The van der Waals surface area contributed by atoms with E-state index in [1.807, 2.05) is 13.8 Å². The second-order valence-corrected chi connectivity index (χ2v) is 4.33. The largest absolute Gasteiger partial charge is 0.391 e. The van der Waals surface area contributed by atoms with E-state index in [-0.39, 0.29) is 17.9 Å². The molecule has 1 heterocycles. The van der Waals surface area contributed by atoms with Gasteiger partial charge in [-0.15, -0.1) is 0 Å². The first-order valence-corrected chi connectivity index (χ1v) is 5.84. The summed E-state index contributed by atoms with van der Waals surface area (Å²) in [4.78, 5) is 11.7. The molecule has 1 rings (SSSR count). The van der Waals surface area contributed by atoms with Crippen molar-refractivity contribution < 1.29 is 9.90 Å². The molecule has 88 valence electrons. The molecule has 4 nitrogen and oxygen atoms in total. The number of carbonyl (C=O) groups excluding carboxylic acids is 1. The van der Waals surface area contributed by atoms with E-state index >= 15 is 0 Å². The standard InChI is InChI=1S/C11H22N2O2/c1-3-4-9(14)7-13-11(15)10-5-6-12-8(10)2/h8-10,12,14H,3-7H2,1-2H3,(H,13,15). The minimum Gasteiger partial charge on any atom is -0.391 e. The Kier molecular flexibility index (Phi) is 5.05. The molecule has 0 aromatic rings. The smallest absolute Gasteiger partial charge is 0.224 e. The van der Waals surface area contributed by atoms with Crippen LogP contribution in [0.5, 0.6) is 0 Å². The molecule has 1 aliphatic rings. The third kappa shape index (κ3) is 3.80. The van der Waals surface area contributed by atoms with Crippen molar-refractivity contribution in [3.63, 3.8) is 0 Å². The second-order valence-electron chi connectivity index (χ2n) is 4.33. The maximum atomic E-state index is 11.7. The summed E-state index contributed by atoms with van der Waals surface area (Å²) in [5, 5.41) is 15.5. The summed E-state index contributed by atoms with van der Waals surface area (Å²) in [5.41, 5.74) is 0. The highest BCUT2D eigenvalue weighted by molar-refractivity contribution is 5.79. The van der Waals surface area contributed by atoms with Gasteiger partial charge in [0.2, 0.25) is 5.91 Å². The quantitative estimate of drug-likeness (QED) is 0.615. The van der Waals surface area contributed by atoms with Crippen LogP contribution in [0.25, 0.3) is 0 Å². The van der Waals surface area contributed by atoms with Crippen LogP contribution < -0.4 is 10.6 Å². The van der Waals surface area contributed by atoms with Gasteiger partial charge in [0.25, 0.3) is 0 Å². The molecule has 3 atom stereocenters. The molecule has 0 bridgehead atoms. The predicted octanol–water partition coefficient (Wildman–Crippen LogP) is 0.262. The van der Waals surface area contributed by atoms with E-state index in [0.29, 0.717) is 6.54 Å². The fraction of sp³-hybridized carbons (Fsp3) is 0.909. The number of carbonyl (C=O) groups is 1. The highest BCUT2D eigenvalue weighted by atomic mass is 16.3. The third-order valence-electron chi connectivity index (χ3n) is 3.00. The van der Waals surface area contributed by atoms with Crippen molar-refractivity contribution in [3.05, 3.63) is 0 Å². The van der Waals surface area contributed by atoms with Crippen LogP contribution in [0.2, 0.25) is 0 Å². The molecule has 0 spiro atoms. The fourth-order valence-corrected chi connectivity index (χ4v) is 2.00. The van der Waals surface area contributed by atoms with Crippen LogP contribution in [-0.2, 0) is 4.79 Å². The molecule has 0 aliphatic carbocycles. The Balaban J connectivity index is 2.23. The maximum Gasteiger partial charge on any atom is 0.224 e. The Morgan fingerprint density at radius 2 is 2.40 bits per heavy atom. The van der Waals surface area contributed by atoms with Crippen LogP contribution >= 0.6 is 0 Å². The van der Waals surface area contributed by atoms with Gasteiger partial charge in [0.15, 0.2) is 0 Å². The van der Waals surface area contributed by atoms with Crippen molar-refractivity contribution in [1.29, 1.82) is 0 Å². The lowest BCUT2D eigenvalue weighted by Gasteiger charge is -2.16. The average Bonchev–Trinajstić information content (AvgIpc) is 2.61. The van der Waals surface area contributed by atoms with Gasteiger partial charge >= 0.3 is 0 Å². The molecule has 0 aromatic carbocycles. The SMILES string of the molecule is CCCC(O)CNC(=O)C1CCNC1C. The Bertz CT molecular complexity index is 209. The van der Waals surface area contributed by atoms with Crippen molar-refractivity contribution in [2.45, 2.75) is 45.3 Å². The van der Waals surface area contributed by atoms with Crippen molar-refractivity contribution in [1.82, 2.24) is 10.6 Å². The van der Waals surface area contributed by atoms with Gasteiger partial charge in [-0.2, -0.15) is 0 Å². The van der Waals surface area contributed by atoms with Gasteiger partial charge in [0, 0.05) is 12.6 Å². The van der Waals surface area contributed by atoms with Crippen LogP contribution in [0.15, 0.2) is 0 Å². The zero-order chi connectivity index (χ0) is 11.3. The molecule has 1 saturated heterocycles. The van der Waals surface area contributed by atoms with Gasteiger partial charge in [-0.3, -0.25) is 4.79 Å². The summed E-state index contributed by atoms with van der Waals surface area (Å²) >= 11 is 0. The summed E-state index contributed by atoms with van der Waals surface area (Å²) in [6.45, 7) is 5.35. The molecule has 1 fully saturated rings. The van der Waals surface area contributed by atoms with Gasteiger partial charge in [-0.05, 0) is 26.3 Å². The van der Waals surface area contributed by atoms with Gasteiger partial charge in [-0.25, -0.2) is 0 Å². The average molecular weight is 214 g/mol. The predicted molar refractivity (Wildman–Crippen MR) is 59.5 cm³/mol. The molecule has 1 aliphatic heterocycles. The van der Waals surface area contributed by atoms with Crippen LogP contribution in [-0.4, -0.2) is 36.2 Å². The van der Waals surface area contributed by atoms with Crippen molar-refractivity contribution in [3.8, 4) is 0 Å². The van der Waals surface area contributed by atoms with Crippen LogP contribution in [0.4, 0.5) is 0 Å². The zero-order valence-electron chi connectivity index (χ0n) is 9.62. The number of hydrogen-bond acceptors (Lipinski definition) is 3. The molecule has 0 saturated carbocycles. The molecular weight excluding hydrogens is 192 g/mol. The number of nitrogens with one attached hydrogen (secondary N) is 2. The first-order valence-electron chi connectivity index (χ1n) is 5.84. The Labute approximate surface area is 91.4 Å². The zero-order valence-corrected chi connectivity index (χ0v) is 9.62. The van der Waals surface area contributed by atoms with Gasteiger partial charge in [-0.1, -0.05) is 13.3 Å². The highest BCUT2D eigenvalue weighted by Crippen LogP contribution is 2.14. The summed E-state index contributed by atoms with van der Waals surface area (Å²) < 4.78 is 0. The molecule has 0 aromatic heterocycles. The van der Waals surface area contributed by atoms with Crippen molar-refractivity contribution >= 4 is 5.91 Å². The van der Waals surface area contributed by atoms with Crippen LogP contribution in [0.3, 0.4) is 0 Å². The first-order chi connectivity index (χ1) is 7.15. The summed E-state index contributed by atoms with van der Waals surface area (Å²) in [5.74, 6) is 0.140. The number of amides is 1. The molecule has 4 heteroatoms. The number of aliphatic hydroxyl groups is 1. The van der Waals surface area contributed by atoms with Gasteiger partial charge < -0.3 is 15.7 Å². The molecule has 3 unspecified atom stereocenters. The van der Waals surface area contributed by atoms with E-state index in [1.165, 1.54) is 0 Å². The van der Waals surface area contributed by atoms with Gasteiger partial charge in [0.05, 0.1) is 12.0 Å². The molecule has 3 N–H and O–H groups in total. The van der Waals surface area contributed by atoms with Crippen molar-refractivity contribution in [2.75, 3.05) is 13.1 Å². The number of hydrogen-bond donors (Lipinski definition) is 3. The first kappa shape index (κ1) is 12.5. The monoisotopic (exact) mass is 214 g/mol. The van der Waals surface area contributed by atoms with E-state index in [2.05, 4.69) is 10.6 Å². The lowest BCUT2D eigenvalue weighted by molar-refractivity contribution is -0.125. The molecular formula is C11H22N2O2. The molecule has 1 amide bonds. The Hall–Kier alpha value is -0.610. The highest BCUT2D eigenvalue weighted by Gasteiger charge is 2.29. The fourth-order valence-electron chi connectivity index (χ4n) is 2.00. The molecule has 0 radical (unpaired) electrons.